The third-order valence-corrected chi connectivity index (χ3v) is 0.842. The molecular weight excluding hydrogens is 167 g/mol. The van der Waals surface area contributed by atoms with Crippen molar-refractivity contribution in [2.24, 2.45) is 0 Å². The number of alkyl halides is 3. The Bertz CT molecular complexity index is 81.5. The molecule has 0 aromatic rings. The molecule has 5 heteroatoms. The van der Waals surface area contributed by atoms with Crippen molar-refractivity contribution in [1.29, 1.82) is 0 Å². The Morgan fingerprint density at radius 3 is 1.70 bits per heavy atom. The van der Waals surface area contributed by atoms with E-state index in [0.29, 0.717) is 0 Å². The summed E-state index contributed by atoms with van der Waals surface area (Å²) in [5.74, 6) is 0. The van der Waals surface area contributed by atoms with Gasteiger partial charge in [0.05, 0.1) is 6.42 Å². The van der Waals surface area contributed by atoms with Crippen molar-refractivity contribution in [2.45, 2.75) is 12.6 Å². The number of halogens is 4. The molecule has 0 rings (SSSR count). The summed E-state index contributed by atoms with van der Waals surface area (Å²) in [6.45, 7) is 0.0729. The van der Waals surface area contributed by atoms with Crippen molar-refractivity contribution >= 4 is 12.4 Å². The van der Waals surface area contributed by atoms with E-state index in [9.17, 15) is 13.2 Å². The van der Waals surface area contributed by atoms with Crippen LogP contribution in [0.1, 0.15) is 6.42 Å². The molecule has 0 aromatic carbocycles. The lowest BCUT2D eigenvalue weighted by atomic mass is 10.4. The maximum Gasteiger partial charge on any atom is 0.390 e. The van der Waals surface area contributed by atoms with Gasteiger partial charge < -0.3 is 4.90 Å². The zero-order chi connectivity index (χ0) is 7.49. The van der Waals surface area contributed by atoms with Crippen LogP contribution in [0.4, 0.5) is 13.2 Å². The van der Waals surface area contributed by atoms with Gasteiger partial charge in [0.25, 0.3) is 0 Å². The Balaban J connectivity index is 0. The molecule has 0 saturated carbocycles. The Kier molecular flexibility index (Phi) is 6.09. The molecule has 0 amide bonds. The molecule has 0 fully saturated rings. The second-order valence-corrected chi connectivity index (χ2v) is 2.17. The Hall–Kier alpha value is 0.0400. The zero-order valence-electron chi connectivity index (χ0n) is 5.90. The second kappa shape index (κ2) is 4.79. The summed E-state index contributed by atoms with van der Waals surface area (Å²) in [4.78, 5) is 1.51. The van der Waals surface area contributed by atoms with Crippen molar-refractivity contribution in [3.63, 3.8) is 0 Å². The number of hydrogen-bond acceptors (Lipinski definition) is 1. The zero-order valence-corrected chi connectivity index (χ0v) is 6.72. The highest BCUT2D eigenvalue weighted by atomic mass is 35.5. The van der Waals surface area contributed by atoms with Gasteiger partial charge in [-0.15, -0.1) is 12.4 Å². The van der Waals surface area contributed by atoms with Crippen LogP contribution in [0, 0.1) is 0 Å². The van der Waals surface area contributed by atoms with E-state index in [1.165, 1.54) is 4.90 Å². The van der Waals surface area contributed by atoms with Crippen molar-refractivity contribution in [2.75, 3.05) is 20.6 Å². The Morgan fingerprint density at radius 2 is 1.60 bits per heavy atom. The molecule has 0 aromatic heterocycles. The van der Waals surface area contributed by atoms with Crippen molar-refractivity contribution in [3.05, 3.63) is 0 Å². The first-order valence-electron chi connectivity index (χ1n) is 2.63. The number of hydrogen-bond donors (Lipinski definition) is 0. The van der Waals surface area contributed by atoms with Gasteiger partial charge in [0.15, 0.2) is 0 Å². The van der Waals surface area contributed by atoms with Crippen LogP contribution in [0.2, 0.25) is 0 Å². The molecular formula is C5H11ClF3N. The highest BCUT2D eigenvalue weighted by Crippen LogP contribution is 2.18. The van der Waals surface area contributed by atoms with E-state index in [-0.39, 0.29) is 19.0 Å². The van der Waals surface area contributed by atoms with E-state index in [1.807, 2.05) is 0 Å². The van der Waals surface area contributed by atoms with Gasteiger partial charge in [-0.3, -0.25) is 0 Å². The summed E-state index contributed by atoms with van der Waals surface area (Å²) in [5.41, 5.74) is 0. The summed E-state index contributed by atoms with van der Waals surface area (Å²) in [7, 11) is 3.23. The molecule has 0 saturated heterocycles. The van der Waals surface area contributed by atoms with Gasteiger partial charge >= 0.3 is 6.18 Å². The fourth-order valence-electron chi connectivity index (χ4n) is 0.350. The van der Waals surface area contributed by atoms with Crippen LogP contribution >= 0.6 is 12.4 Å². The predicted molar refractivity (Wildman–Crippen MR) is 36.5 cm³/mol. The highest BCUT2D eigenvalue weighted by molar-refractivity contribution is 5.85. The lowest BCUT2D eigenvalue weighted by Gasteiger charge is -2.10. The lowest BCUT2D eigenvalue weighted by molar-refractivity contribution is -0.136. The van der Waals surface area contributed by atoms with E-state index >= 15 is 0 Å². The molecule has 0 atom stereocenters. The van der Waals surface area contributed by atoms with Crippen LogP contribution in [-0.4, -0.2) is 31.7 Å². The molecule has 0 unspecified atom stereocenters. The number of rotatable bonds is 2. The molecule has 0 spiro atoms. The summed E-state index contributed by atoms with van der Waals surface area (Å²) < 4.78 is 34.2. The van der Waals surface area contributed by atoms with E-state index in [2.05, 4.69) is 0 Å². The van der Waals surface area contributed by atoms with Gasteiger partial charge in [0, 0.05) is 6.54 Å². The normalized spacial score (nSPS) is 11.4. The maximum absolute atomic E-state index is 11.4. The summed E-state index contributed by atoms with van der Waals surface area (Å²) >= 11 is 0. The van der Waals surface area contributed by atoms with E-state index in [0.717, 1.165) is 0 Å². The minimum absolute atomic E-state index is 0. The fraction of sp³-hybridized carbons (Fsp3) is 1.00. The monoisotopic (exact) mass is 177 g/mol. The third-order valence-electron chi connectivity index (χ3n) is 0.842. The molecule has 0 bridgehead atoms. The van der Waals surface area contributed by atoms with Gasteiger partial charge in [-0.2, -0.15) is 13.2 Å². The largest absolute Gasteiger partial charge is 0.390 e. The van der Waals surface area contributed by atoms with Crippen molar-refractivity contribution in [3.8, 4) is 0 Å². The topological polar surface area (TPSA) is 3.24 Å². The van der Waals surface area contributed by atoms with Crippen LogP contribution in [0.15, 0.2) is 0 Å². The first-order valence-corrected chi connectivity index (χ1v) is 2.63. The standard InChI is InChI=1S/C5H10F3N.ClH/c1-9(2)4-3-5(6,7)8;/h3-4H2,1-2H3;1H. The maximum atomic E-state index is 11.4. The Morgan fingerprint density at radius 1 is 1.20 bits per heavy atom. The van der Waals surface area contributed by atoms with E-state index in [1.54, 1.807) is 14.1 Å². The van der Waals surface area contributed by atoms with E-state index in [4.69, 9.17) is 0 Å². The second-order valence-electron chi connectivity index (χ2n) is 2.17. The molecule has 0 heterocycles. The average Bonchev–Trinajstić information content (AvgIpc) is 1.59. The molecule has 0 N–H and O–H groups in total. The highest BCUT2D eigenvalue weighted by Gasteiger charge is 2.26. The van der Waals surface area contributed by atoms with Gasteiger partial charge in [-0.25, -0.2) is 0 Å². The number of nitrogens with zero attached hydrogens (tertiary/aromatic N) is 1. The van der Waals surface area contributed by atoms with Crippen LogP contribution in [0.25, 0.3) is 0 Å². The average molecular weight is 178 g/mol. The van der Waals surface area contributed by atoms with Crippen LogP contribution in [0.3, 0.4) is 0 Å². The fourth-order valence-corrected chi connectivity index (χ4v) is 0.350. The molecule has 0 radical (unpaired) electrons. The molecule has 64 valence electrons. The first kappa shape index (κ1) is 12.7. The molecule has 1 nitrogen and oxygen atoms in total. The van der Waals surface area contributed by atoms with Crippen molar-refractivity contribution < 1.29 is 13.2 Å². The van der Waals surface area contributed by atoms with Gasteiger partial charge in [-0.05, 0) is 14.1 Å². The third kappa shape index (κ3) is 10.9. The molecule has 10 heavy (non-hydrogen) atoms. The van der Waals surface area contributed by atoms with Gasteiger partial charge in [0.2, 0.25) is 0 Å². The van der Waals surface area contributed by atoms with Crippen LogP contribution in [0.5, 0.6) is 0 Å². The smallest absolute Gasteiger partial charge is 0.309 e. The molecule has 0 aliphatic heterocycles. The Labute approximate surface area is 64.6 Å². The van der Waals surface area contributed by atoms with Gasteiger partial charge in [-0.1, -0.05) is 0 Å². The van der Waals surface area contributed by atoms with Crippen LogP contribution in [-0.2, 0) is 0 Å². The quantitative estimate of drug-likeness (QED) is 0.623. The lowest BCUT2D eigenvalue weighted by Crippen LogP contribution is -2.20. The van der Waals surface area contributed by atoms with Gasteiger partial charge in [0.1, 0.15) is 0 Å². The van der Waals surface area contributed by atoms with Crippen LogP contribution < -0.4 is 0 Å². The summed E-state index contributed by atoms with van der Waals surface area (Å²) in [6.07, 6.45) is -4.73. The molecule has 0 aliphatic rings. The minimum atomic E-state index is -4.01. The summed E-state index contributed by atoms with van der Waals surface area (Å²) in [6, 6.07) is 0. The molecule has 0 aliphatic carbocycles. The predicted octanol–water partition coefficient (Wildman–Crippen LogP) is 1.92. The SMILES string of the molecule is CN(C)CCC(F)(F)F.Cl. The first-order chi connectivity index (χ1) is 3.92. The van der Waals surface area contributed by atoms with E-state index < -0.39 is 12.6 Å². The van der Waals surface area contributed by atoms with Crippen molar-refractivity contribution in [1.82, 2.24) is 4.90 Å². The minimum Gasteiger partial charge on any atom is -0.309 e. The summed E-state index contributed by atoms with van der Waals surface area (Å²) in [5, 5.41) is 0.